The third-order valence-corrected chi connectivity index (χ3v) is 3.24. The number of aliphatic hydroxyl groups is 1. The van der Waals surface area contributed by atoms with Crippen LogP contribution in [0.2, 0.25) is 5.02 Å². The predicted octanol–water partition coefficient (Wildman–Crippen LogP) is 2.84. The van der Waals surface area contributed by atoms with Crippen molar-refractivity contribution in [2.75, 3.05) is 19.0 Å². The van der Waals surface area contributed by atoms with E-state index in [0.29, 0.717) is 5.02 Å². The number of anilines is 1. The summed E-state index contributed by atoms with van der Waals surface area (Å²) in [5.74, 6) is 0.106. The second-order valence-corrected chi connectivity index (χ2v) is 5.27. The van der Waals surface area contributed by atoms with Gasteiger partial charge in [-0.25, -0.2) is 0 Å². The Bertz CT molecular complexity index is 383. The molecule has 0 amide bonds. The van der Waals surface area contributed by atoms with Gasteiger partial charge in [0.25, 0.3) is 0 Å². The molecule has 1 aromatic carbocycles. The van der Waals surface area contributed by atoms with Gasteiger partial charge >= 0.3 is 0 Å². The lowest BCUT2D eigenvalue weighted by atomic mass is 9.94. The van der Waals surface area contributed by atoms with Crippen LogP contribution in [-0.4, -0.2) is 25.3 Å². The van der Waals surface area contributed by atoms with Crippen LogP contribution in [0.5, 0.6) is 0 Å². The summed E-state index contributed by atoms with van der Waals surface area (Å²) in [6.07, 6.45) is -0.585. The van der Waals surface area contributed by atoms with Crippen molar-refractivity contribution in [1.82, 2.24) is 0 Å². The van der Waals surface area contributed by atoms with E-state index >= 15 is 0 Å². The molecule has 0 aliphatic heterocycles. The maximum absolute atomic E-state index is 9.96. The molecule has 0 aromatic heterocycles. The fraction of sp³-hybridized carbons (Fsp3) is 0.538. The summed E-state index contributed by atoms with van der Waals surface area (Å²) >= 11 is 6.20. The fourth-order valence-corrected chi connectivity index (χ4v) is 1.96. The van der Waals surface area contributed by atoms with Crippen LogP contribution in [0.15, 0.2) is 18.2 Å². The Morgan fingerprint density at radius 1 is 1.28 bits per heavy atom. The van der Waals surface area contributed by atoms with Gasteiger partial charge in [0.2, 0.25) is 0 Å². The Balaban J connectivity index is 0.00000289. The van der Waals surface area contributed by atoms with Crippen molar-refractivity contribution in [3.05, 3.63) is 28.8 Å². The number of benzene rings is 1. The van der Waals surface area contributed by atoms with Crippen molar-refractivity contribution in [1.29, 1.82) is 0 Å². The Kier molecular flexibility index (Phi) is 7.00. The minimum absolute atomic E-state index is 0. The van der Waals surface area contributed by atoms with Crippen molar-refractivity contribution >= 4 is 29.7 Å². The zero-order chi connectivity index (χ0) is 13.2. The maximum atomic E-state index is 9.96. The van der Waals surface area contributed by atoms with Crippen LogP contribution in [0.25, 0.3) is 0 Å². The number of aliphatic hydroxyl groups excluding tert-OH is 1. The molecule has 0 aliphatic carbocycles. The molecule has 0 radical (unpaired) electrons. The molecular weight excluding hydrogens is 271 g/mol. The highest BCUT2D eigenvalue weighted by molar-refractivity contribution is 6.31. The molecular formula is C13H22Cl2N2O. The topological polar surface area (TPSA) is 49.5 Å². The van der Waals surface area contributed by atoms with Gasteiger partial charge in [-0.1, -0.05) is 31.5 Å². The second kappa shape index (κ2) is 7.19. The molecule has 2 atom stereocenters. The van der Waals surface area contributed by atoms with E-state index in [-0.39, 0.29) is 18.3 Å². The Hall–Kier alpha value is -0.480. The largest absolute Gasteiger partial charge is 0.391 e. The Labute approximate surface area is 120 Å². The lowest BCUT2D eigenvalue weighted by molar-refractivity contribution is 0.0980. The van der Waals surface area contributed by atoms with Crippen molar-refractivity contribution < 1.29 is 5.11 Å². The van der Waals surface area contributed by atoms with Crippen molar-refractivity contribution in [3.8, 4) is 0 Å². The minimum Gasteiger partial charge on any atom is -0.391 e. The van der Waals surface area contributed by atoms with Crippen LogP contribution in [0.1, 0.15) is 25.5 Å². The van der Waals surface area contributed by atoms with Crippen LogP contribution in [0.3, 0.4) is 0 Å². The van der Waals surface area contributed by atoms with E-state index in [1.165, 1.54) is 0 Å². The zero-order valence-electron chi connectivity index (χ0n) is 11.2. The van der Waals surface area contributed by atoms with Crippen molar-refractivity contribution in [3.63, 3.8) is 0 Å². The first kappa shape index (κ1) is 17.5. The highest BCUT2D eigenvalue weighted by Gasteiger charge is 2.22. The van der Waals surface area contributed by atoms with Crippen LogP contribution in [0, 0.1) is 5.92 Å². The minimum atomic E-state index is -0.585. The molecule has 5 heteroatoms. The lowest BCUT2D eigenvalue weighted by Crippen LogP contribution is -2.30. The molecule has 18 heavy (non-hydrogen) atoms. The van der Waals surface area contributed by atoms with Crippen LogP contribution in [-0.2, 0) is 0 Å². The van der Waals surface area contributed by atoms with Gasteiger partial charge in [-0.3, -0.25) is 0 Å². The molecule has 1 rings (SSSR count). The summed E-state index contributed by atoms with van der Waals surface area (Å²) in [5, 5.41) is 10.6. The van der Waals surface area contributed by atoms with Crippen LogP contribution in [0.4, 0.5) is 5.69 Å². The van der Waals surface area contributed by atoms with E-state index in [0.717, 1.165) is 11.3 Å². The third kappa shape index (κ3) is 4.02. The number of nitrogens with zero attached hydrogens (tertiary/aromatic N) is 1. The van der Waals surface area contributed by atoms with Gasteiger partial charge in [0.1, 0.15) is 0 Å². The number of halogens is 2. The van der Waals surface area contributed by atoms with Gasteiger partial charge in [-0.15, -0.1) is 12.4 Å². The lowest BCUT2D eigenvalue weighted by Gasteiger charge is -2.24. The molecule has 3 nitrogen and oxygen atoms in total. The maximum Gasteiger partial charge on any atom is 0.0756 e. The van der Waals surface area contributed by atoms with E-state index < -0.39 is 12.1 Å². The Morgan fingerprint density at radius 2 is 1.83 bits per heavy atom. The molecule has 0 unspecified atom stereocenters. The number of rotatable bonds is 4. The summed E-state index contributed by atoms with van der Waals surface area (Å²) in [5.41, 5.74) is 7.83. The number of nitrogens with two attached hydrogens (primary N) is 1. The van der Waals surface area contributed by atoms with E-state index in [1.807, 2.05) is 51.0 Å². The van der Waals surface area contributed by atoms with Crippen molar-refractivity contribution in [2.45, 2.75) is 26.0 Å². The molecule has 0 saturated heterocycles. The monoisotopic (exact) mass is 292 g/mol. The van der Waals surface area contributed by atoms with Crippen LogP contribution >= 0.6 is 24.0 Å². The normalized spacial score (nSPS) is 14.0. The van der Waals surface area contributed by atoms with Gasteiger partial charge in [-0.05, 0) is 23.6 Å². The van der Waals surface area contributed by atoms with Crippen LogP contribution < -0.4 is 10.6 Å². The summed E-state index contributed by atoms with van der Waals surface area (Å²) in [4.78, 5) is 1.97. The molecule has 0 bridgehead atoms. The molecule has 0 fully saturated rings. The molecule has 0 heterocycles. The SMILES string of the molecule is CC(C)[C@H](O)[C@H](N)c1ccc(N(C)C)cc1Cl.Cl. The molecule has 1 aromatic rings. The quantitative estimate of drug-likeness (QED) is 0.897. The zero-order valence-corrected chi connectivity index (χ0v) is 12.8. The highest BCUT2D eigenvalue weighted by atomic mass is 35.5. The van der Waals surface area contributed by atoms with Gasteiger partial charge in [0.15, 0.2) is 0 Å². The average Bonchev–Trinajstić information content (AvgIpc) is 2.26. The highest BCUT2D eigenvalue weighted by Crippen LogP contribution is 2.29. The van der Waals surface area contributed by atoms with Gasteiger partial charge in [-0.2, -0.15) is 0 Å². The fourth-order valence-electron chi connectivity index (χ4n) is 1.66. The number of hydrogen-bond acceptors (Lipinski definition) is 3. The standard InChI is InChI=1S/C13H21ClN2O.ClH/c1-8(2)13(17)12(15)10-6-5-9(16(3)4)7-11(10)14;/h5-8,12-13,17H,15H2,1-4H3;1H/t12-,13+;/m1./s1. The molecule has 3 N–H and O–H groups in total. The second-order valence-electron chi connectivity index (χ2n) is 4.86. The molecule has 0 aliphatic rings. The summed E-state index contributed by atoms with van der Waals surface area (Å²) in [6, 6.07) is 5.25. The van der Waals surface area contributed by atoms with E-state index in [1.54, 1.807) is 0 Å². The smallest absolute Gasteiger partial charge is 0.0756 e. The average molecular weight is 293 g/mol. The van der Waals surface area contributed by atoms with Gasteiger partial charge in [0, 0.05) is 24.8 Å². The van der Waals surface area contributed by atoms with Gasteiger partial charge < -0.3 is 15.7 Å². The Morgan fingerprint density at radius 3 is 2.22 bits per heavy atom. The van der Waals surface area contributed by atoms with E-state index in [9.17, 15) is 5.11 Å². The first-order valence-electron chi connectivity index (χ1n) is 5.75. The van der Waals surface area contributed by atoms with Crippen molar-refractivity contribution in [2.24, 2.45) is 11.7 Å². The molecule has 0 saturated carbocycles. The van der Waals surface area contributed by atoms with E-state index in [4.69, 9.17) is 17.3 Å². The summed E-state index contributed by atoms with van der Waals surface area (Å²) < 4.78 is 0. The first-order chi connectivity index (χ1) is 7.84. The van der Waals surface area contributed by atoms with E-state index in [2.05, 4.69) is 0 Å². The number of hydrogen-bond donors (Lipinski definition) is 2. The predicted molar refractivity (Wildman–Crippen MR) is 80.8 cm³/mol. The summed E-state index contributed by atoms with van der Waals surface area (Å²) in [7, 11) is 3.91. The molecule has 104 valence electrons. The van der Waals surface area contributed by atoms with Gasteiger partial charge in [0.05, 0.1) is 12.1 Å². The third-order valence-electron chi connectivity index (χ3n) is 2.91. The summed E-state index contributed by atoms with van der Waals surface area (Å²) in [6.45, 7) is 3.87. The first-order valence-corrected chi connectivity index (χ1v) is 6.12. The molecule has 0 spiro atoms.